The van der Waals surface area contributed by atoms with Crippen LogP contribution in [0.15, 0.2) is 48.8 Å². The lowest BCUT2D eigenvalue weighted by Gasteiger charge is -2.22. The van der Waals surface area contributed by atoms with Crippen LogP contribution in [0.5, 0.6) is 5.75 Å². The monoisotopic (exact) mass is 342 g/mol. The Bertz CT molecular complexity index is 686. The van der Waals surface area contributed by atoms with Crippen molar-refractivity contribution in [3.05, 3.63) is 59.9 Å². The summed E-state index contributed by atoms with van der Waals surface area (Å²) >= 11 is 0. The molecule has 0 saturated carbocycles. The lowest BCUT2D eigenvalue weighted by Crippen LogP contribution is -2.33. The van der Waals surface area contributed by atoms with Crippen LogP contribution in [-0.2, 0) is 16.1 Å². The van der Waals surface area contributed by atoms with Gasteiger partial charge in [0.05, 0.1) is 20.1 Å². The van der Waals surface area contributed by atoms with Crippen molar-refractivity contribution in [2.24, 2.45) is 0 Å². The number of pyridine rings is 1. The molecule has 2 aromatic rings. The summed E-state index contributed by atoms with van der Waals surface area (Å²) in [4.78, 5) is 30.2. The SMILES string of the molecule is CCOC(=O)CCN(Cc1cccnc1)C(=O)c1ccc(OC)cc1. The Balaban J connectivity index is 2.13. The molecule has 132 valence electrons. The molecule has 0 bridgehead atoms. The molecule has 6 nitrogen and oxygen atoms in total. The molecule has 1 aromatic heterocycles. The summed E-state index contributed by atoms with van der Waals surface area (Å²) in [6, 6.07) is 10.6. The van der Waals surface area contributed by atoms with E-state index in [4.69, 9.17) is 9.47 Å². The zero-order valence-electron chi connectivity index (χ0n) is 14.5. The summed E-state index contributed by atoms with van der Waals surface area (Å²) in [6.45, 7) is 2.73. The van der Waals surface area contributed by atoms with Gasteiger partial charge in [-0.3, -0.25) is 14.6 Å². The number of nitrogens with zero attached hydrogens (tertiary/aromatic N) is 2. The normalized spacial score (nSPS) is 10.2. The lowest BCUT2D eigenvalue weighted by atomic mass is 10.1. The number of ether oxygens (including phenoxy) is 2. The van der Waals surface area contributed by atoms with Gasteiger partial charge in [0.25, 0.3) is 5.91 Å². The fourth-order valence-electron chi connectivity index (χ4n) is 2.34. The summed E-state index contributed by atoms with van der Waals surface area (Å²) < 4.78 is 10.1. The number of amides is 1. The van der Waals surface area contributed by atoms with Gasteiger partial charge < -0.3 is 14.4 Å². The molecule has 6 heteroatoms. The van der Waals surface area contributed by atoms with Gasteiger partial charge in [-0.05, 0) is 42.8 Å². The van der Waals surface area contributed by atoms with Crippen LogP contribution in [0.4, 0.5) is 0 Å². The second-order valence-electron chi connectivity index (χ2n) is 5.37. The standard InChI is InChI=1S/C19H22N2O4/c1-3-25-18(22)10-12-21(14-15-5-4-11-20-13-15)19(23)16-6-8-17(24-2)9-7-16/h4-9,11,13H,3,10,12,14H2,1-2H3. The van der Waals surface area contributed by atoms with E-state index in [1.54, 1.807) is 55.6 Å². The van der Waals surface area contributed by atoms with Crippen LogP contribution in [0, 0.1) is 0 Å². The maximum absolute atomic E-state index is 12.8. The molecule has 25 heavy (non-hydrogen) atoms. The zero-order valence-corrected chi connectivity index (χ0v) is 14.5. The number of carbonyl (C=O) groups is 2. The van der Waals surface area contributed by atoms with Crippen LogP contribution in [0.3, 0.4) is 0 Å². The Kier molecular flexibility index (Phi) is 6.95. The maximum Gasteiger partial charge on any atom is 0.307 e. The summed E-state index contributed by atoms with van der Waals surface area (Å²) in [7, 11) is 1.57. The molecule has 1 heterocycles. The van der Waals surface area contributed by atoms with Crippen LogP contribution < -0.4 is 4.74 Å². The minimum absolute atomic E-state index is 0.149. The first-order valence-electron chi connectivity index (χ1n) is 8.12. The molecule has 0 N–H and O–H groups in total. The molecule has 0 atom stereocenters. The van der Waals surface area contributed by atoms with E-state index in [1.807, 2.05) is 12.1 Å². The topological polar surface area (TPSA) is 68.7 Å². The number of hydrogen-bond acceptors (Lipinski definition) is 5. The third-order valence-corrected chi connectivity index (χ3v) is 3.61. The van der Waals surface area contributed by atoms with Gasteiger partial charge in [0, 0.05) is 31.0 Å². The van der Waals surface area contributed by atoms with Gasteiger partial charge in [-0.25, -0.2) is 0 Å². The Morgan fingerprint density at radius 3 is 2.52 bits per heavy atom. The molecule has 0 spiro atoms. The van der Waals surface area contributed by atoms with Gasteiger partial charge in [0.1, 0.15) is 5.75 Å². The average molecular weight is 342 g/mol. The summed E-state index contributed by atoms with van der Waals surface area (Å²) in [5.41, 5.74) is 1.43. The molecule has 2 rings (SSSR count). The minimum Gasteiger partial charge on any atom is -0.497 e. The number of carbonyl (C=O) groups excluding carboxylic acids is 2. The molecular weight excluding hydrogens is 320 g/mol. The summed E-state index contributed by atoms with van der Waals surface area (Å²) in [5, 5.41) is 0. The van der Waals surface area contributed by atoms with Gasteiger partial charge in [0.2, 0.25) is 0 Å². The largest absolute Gasteiger partial charge is 0.497 e. The molecule has 0 aliphatic heterocycles. The number of methoxy groups -OCH3 is 1. The Morgan fingerprint density at radius 2 is 1.92 bits per heavy atom. The van der Waals surface area contributed by atoms with E-state index >= 15 is 0 Å². The van der Waals surface area contributed by atoms with Crippen molar-refractivity contribution in [1.82, 2.24) is 9.88 Å². The Morgan fingerprint density at radius 1 is 1.16 bits per heavy atom. The van der Waals surface area contributed by atoms with Crippen molar-refractivity contribution >= 4 is 11.9 Å². The van der Waals surface area contributed by atoms with Crippen LogP contribution in [0.2, 0.25) is 0 Å². The fraction of sp³-hybridized carbons (Fsp3) is 0.316. The Labute approximate surface area is 147 Å². The second kappa shape index (κ2) is 9.42. The molecule has 1 amide bonds. The van der Waals surface area contributed by atoms with Gasteiger partial charge in [-0.15, -0.1) is 0 Å². The third kappa shape index (κ3) is 5.60. The van der Waals surface area contributed by atoms with Crippen molar-refractivity contribution in [3.8, 4) is 5.75 Å². The van der Waals surface area contributed by atoms with Crippen molar-refractivity contribution in [2.75, 3.05) is 20.3 Å². The molecule has 0 aliphatic carbocycles. The zero-order chi connectivity index (χ0) is 18.1. The molecule has 1 aromatic carbocycles. The molecular formula is C19H22N2O4. The minimum atomic E-state index is -0.318. The van der Waals surface area contributed by atoms with Crippen LogP contribution in [0.25, 0.3) is 0 Å². The maximum atomic E-state index is 12.8. The third-order valence-electron chi connectivity index (χ3n) is 3.61. The fourth-order valence-corrected chi connectivity index (χ4v) is 2.34. The van der Waals surface area contributed by atoms with Gasteiger partial charge in [0.15, 0.2) is 0 Å². The lowest BCUT2D eigenvalue weighted by molar-refractivity contribution is -0.143. The van der Waals surface area contributed by atoms with Crippen molar-refractivity contribution < 1.29 is 19.1 Å². The van der Waals surface area contributed by atoms with E-state index in [0.717, 1.165) is 5.56 Å². The summed E-state index contributed by atoms with van der Waals surface area (Å²) in [5.74, 6) is 0.207. The number of rotatable bonds is 8. The molecule has 0 radical (unpaired) electrons. The number of benzene rings is 1. The highest BCUT2D eigenvalue weighted by molar-refractivity contribution is 5.94. The first-order chi connectivity index (χ1) is 12.1. The van der Waals surface area contributed by atoms with E-state index in [0.29, 0.717) is 24.5 Å². The smallest absolute Gasteiger partial charge is 0.307 e. The quantitative estimate of drug-likeness (QED) is 0.690. The molecule has 0 unspecified atom stereocenters. The van der Waals surface area contributed by atoms with E-state index < -0.39 is 0 Å². The van der Waals surface area contributed by atoms with E-state index in [9.17, 15) is 9.59 Å². The average Bonchev–Trinajstić information content (AvgIpc) is 2.65. The highest BCUT2D eigenvalue weighted by Crippen LogP contribution is 2.15. The number of esters is 1. The van der Waals surface area contributed by atoms with E-state index in [1.165, 1.54) is 0 Å². The molecule has 0 aliphatic rings. The van der Waals surface area contributed by atoms with Crippen molar-refractivity contribution in [3.63, 3.8) is 0 Å². The number of hydrogen-bond donors (Lipinski definition) is 0. The summed E-state index contributed by atoms with van der Waals surface area (Å²) in [6.07, 6.45) is 3.53. The first kappa shape index (κ1) is 18.4. The van der Waals surface area contributed by atoms with Gasteiger partial charge >= 0.3 is 5.97 Å². The Hall–Kier alpha value is -2.89. The highest BCUT2D eigenvalue weighted by atomic mass is 16.5. The predicted octanol–water partition coefficient (Wildman–Crippen LogP) is 2.69. The second-order valence-corrected chi connectivity index (χ2v) is 5.37. The van der Waals surface area contributed by atoms with E-state index in [2.05, 4.69) is 4.98 Å². The van der Waals surface area contributed by atoms with Gasteiger partial charge in [-0.1, -0.05) is 6.07 Å². The van der Waals surface area contributed by atoms with Crippen LogP contribution in [0.1, 0.15) is 29.3 Å². The van der Waals surface area contributed by atoms with Crippen molar-refractivity contribution in [1.29, 1.82) is 0 Å². The highest BCUT2D eigenvalue weighted by Gasteiger charge is 2.18. The predicted molar refractivity (Wildman–Crippen MR) is 93.2 cm³/mol. The van der Waals surface area contributed by atoms with E-state index in [-0.39, 0.29) is 24.8 Å². The van der Waals surface area contributed by atoms with Crippen molar-refractivity contribution in [2.45, 2.75) is 19.9 Å². The van der Waals surface area contributed by atoms with Crippen LogP contribution in [-0.4, -0.2) is 42.0 Å². The molecule has 0 fully saturated rings. The van der Waals surface area contributed by atoms with Crippen LogP contribution >= 0.6 is 0 Å². The van der Waals surface area contributed by atoms with Gasteiger partial charge in [-0.2, -0.15) is 0 Å². The molecule has 0 saturated heterocycles. The number of aromatic nitrogens is 1. The first-order valence-corrected chi connectivity index (χ1v) is 8.12.